The number of hydrogen-bond acceptors (Lipinski definition) is 8. The van der Waals surface area contributed by atoms with E-state index in [0.717, 1.165) is 47.3 Å². The number of nitrogens with one attached hydrogen (secondary N) is 2. The molecule has 5 N–H and O–H groups in total. The highest BCUT2D eigenvalue weighted by Crippen LogP contribution is 2.41. The molecule has 2 heterocycles. The molecule has 172 valence electrons. The molecule has 0 saturated carbocycles. The molecule has 0 radical (unpaired) electrons. The third-order valence-corrected chi connectivity index (χ3v) is 6.25. The van der Waals surface area contributed by atoms with Gasteiger partial charge < -0.3 is 21.5 Å². The number of nitrogens with two attached hydrogens (primary N) is 1. The number of rotatable bonds is 8. The van der Waals surface area contributed by atoms with Gasteiger partial charge in [0.25, 0.3) is 0 Å². The predicted molar refractivity (Wildman–Crippen MR) is 132 cm³/mol. The molecule has 0 aliphatic carbocycles. The van der Waals surface area contributed by atoms with Crippen molar-refractivity contribution >= 4 is 17.3 Å². The molecule has 1 aromatic heterocycles. The second-order valence-corrected chi connectivity index (χ2v) is 8.75. The van der Waals surface area contributed by atoms with E-state index in [1.54, 1.807) is 30.5 Å². The Morgan fingerprint density at radius 3 is 2.76 bits per heavy atom. The summed E-state index contributed by atoms with van der Waals surface area (Å²) in [7, 11) is 0. The summed E-state index contributed by atoms with van der Waals surface area (Å²) in [4.78, 5) is 9.06. The monoisotopic (exact) mass is 453 g/mol. The number of anilines is 3. The maximum atomic E-state index is 9.96. The van der Waals surface area contributed by atoms with Crippen molar-refractivity contribution in [2.45, 2.75) is 31.6 Å². The molecule has 34 heavy (non-hydrogen) atoms. The summed E-state index contributed by atoms with van der Waals surface area (Å²) in [6.45, 7) is 3.15. The Labute approximate surface area is 199 Å². The lowest BCUT2D eigenvalue weighted by molar-refractivity contribution is 0.219. The third kappa shape index (κ3) is 4.55. The lowest BCUT2D eigenvalue weighted by atomic mass is 9.83. The molecular weight excluding hydrogens is 426 g/mol. The Bertz CT molecular complexity index is 1290. The zero-order chi connectivity index (χ0) is 24.1. The lowest BCUT2D eigenvalue weighted by Gasteiger charge is -2.21. The van der Waals surface area contributed by atoms with E-state index >= 15 is 0 Å². The predicted octanol–water partition coefficient (Wildman–Crippen LogP) is 3.59. The molecule has 8 nitrogen and oxygen atoms in total. The average molecular weight is 454 g/mol. The van der Waals surface area contributed by atoms with Crippen LogP contribution in [0.4, 0.5) is 17.3 Å². The number of hydrogen-bond donors (Lipinski definition) is 4. The second-order valence-electron chi connectivity index (χ2n) is 8.75. The minimum Gasteiger partial charge on any atom is -0.395 e. The van der Waals surface area contributed by atoms with E-state index in [4.69, 9.17) is 5.73 Å². The number of aliphatic hydroxyl groups excluding tert-OH is 1. The van der Waals surface area contributed by atoms with Crippen LogP contribution < -0.4 is 16.4 Å². The zero-order valence-electron chi connectivity index (χ0n) is 19.1. The molecule has 1 aliphatic rings. The number of nitrogens with zero attached hydrogens (tertiary/aromatic N) is 4. The standard InChI is InChI=1S/C26H27N7O/c1-26(16-34)15-31-24-20(14-29)11-19(12-21(24)26)22-7-9-30-25(32-22)33-23-10-17(13-28)5-6-18(23)4-2-3-8-27/h5-7,9-12,31,34H,2-4,8,15-16,27H2,1H3,(H,30,32,33)/t26-/m1/s1. The van der Waals surface area contributed by atoms with Crippen LogP contribution in [-0.4, -0.2) is 34.8 Å². The van der Waals surface area contributed by atoms with Crippen LogP contribution in [0.15, 0.2) is 42.6 Å². The SMILES string of the molecule is C[C@]1(CO)CNc2c(C#N)cc(-c3ccnc(Nc4cc(C#N)ccc4CCCCN)n3)cc21. The molecule has 0 unspecified atom stereocenters. The summed E-state index contributed by atoms with van der Waals surface area (Å²) >= 11 is 0. The Morgan fingerprint density at radius 1 is 1.18 bits per heavy atom. The number of unbranched alkanes of at least 4 members (excludes halogenated alkanes) is 1. The molecule has 8 heteroatoms. The highest BCUT2D eigenvalue weighted by Gasteiger charge is 2.35. The van der Waals surface area contributed by atoms with Gasteiger partial charge >= 0.3 is 0 Å². The first kappa shape index (κ1) is 23.2. The molecule has 4 rings (SSSR count). The Kier molecular flexibility index (Phi) is 6.74. The van der Waals surface area contributed by atoms with Crippen molar-refractivity contribution in [2.75, 3.05) is 30.3 Å². The minimum absolute atomic E-state index is 0.0277. The second kappa shape index (κ2) is 9.88. The van der Waals surface area contributed by atoms with E-state index in [0.29, 0.717) is 35.9 Å². The van der Waals surface area contributed by atoms with Gasteiger partial charge in [0.1, 0.15) is 6.07 Å². The number of nitriles is 2. The third-order valence-electron chi connectivity index (χ3n) is 6.25. The van der Waals surface area contributed by atoms with Crippen molar-refractivity contribution in [1.82, 2.24) is 9.97 Å². The molecule has 0 fully saturated rings. The molecule has 2 aromatic carbocycles. The van der Waals surface area contributed by atoms with Crippen LogP contribution in [0.3, 0.4) is 0 Å². The molecule has 0 spiro atoms. The normalized spacial score (nSPS) is 16.3. The molecule has 0 saturated heterocycles. The Hall–Kier alpha value is -3.98. The zero-order valence-corrected chi connectivity index (χ0v) is 19.1. The number of benzene rings is 2. The fourth-order valence-electron chi connectivity index (χ4n) is 4.20. The highest BCUT2D eigenvalue weighted by atomic mass is 16.3. The van der Waals surface area contributed by atoms with Gasteiger partial charge in [-0.25, -0.2) is 9.97 Å². The maximum absolute atomic E-state index is 9.96. The molecule has 0 amide bonds. The van der Waals surface area contributed by atoms with Crippen molar-refractivity contribution in [3.63, 3.8) is 0 Å². The lowest BCUT2D eigenvalue weighted by Crippen LogP contribution is -2.28. The largest absolute Gasteiger partial charge is 0.395 e. The van der Waals surface area contributed by atoms with Gasteiger partial charge in [-0.15, -0.1) is 0 Å². The fraction of sp³-hybridized carbons (Fsp3) is 0.308. The molecule has 0 bridgehead atoms. The number of fused-ring (bicyclic) bond motifs is 1. The van der Waals surface area contributed by atoms with Gasteiger partial charge in [0.15, 0.2) is 0 Å². The summed E-state index contributed by atoms with van der Waals surface area (Å²) in [5.41, 5.74) is 11.2. The Balaban J connectivity index is 1.69. The van der Waals surface area contributed by atoms with Crippen LogP contribution in [-0.2, 0) is 11.8 Å². The number of aromatic nitrogens is 2. The van der Waals surface area contributed by atoms with E-state index in [2.05, 4.69) is 32.7 Å². The molecular formula is C26H27N7O. The van der Waals surface area contributed by atoms with E-state index in [1.807, 2.05) is 19.1 Å². The van der Waals surface area contributed by atoms with Crippen molar-refractivity contribution in [3.8, 4) is 23.4 Å². The van der Waals surface area contributed by atoms with Crippen LogP contribution in [0.1, 0.15) is 42.0 Å². The molecule has 1 aliphatic heterocycles. The van der Waals surface area contributed by atoms with Crippen molar-refractivity contribution in [1.29, 1.82) is 10.5 Å². The van der Waals surface area contributed by atoms with E-state index in [9.17, 15) is 15.6 Å². The number of aryl methyl sites for hydroxylation is 1. The van der Waals surface area contributed by atoms with Crippen molar-refractivity contribution in [2.24, 2.45) is 5.73 Å². The van der Waals surface area contributed by atoms with Crippen LogP contribution in [0.2, 0.25) is 0 Å². The van der Waals surface area contributed by atoms with E-state index in [1.165, 1.54) is 0 Å². The van der Waals surface area contributed by atoms with Gasteiger partial charge in [0.2, 0.25) is 5.95 Å². The summed E-state index contributed by atoms with van der Waals surface area (Å²) in [6, 6.07) is 15.6. The average Bonchev–Trinajstić information content (AvgIpc) is 3.21. The first-order valence-corrected chi connectivity index (χ1v) is 11.3. The summed E-state index contributed by atoms with van der Waals surface area (Å²) in [5, 5.41) is 35.5. The first-order valence-electron chi connectivity index (χ1n) is 11.3. The minimum atomic E-state index is -0.471. The summed E-state index contributed by atoms with van der Waals surface area (Å²) in [6.07, 6.45) is 4.36. The molecule has 3 aromatic rings. The first-order chi connectivity index (χ1) is 16.5. The van der Waals surface area contributed by atoms with Crippen LogP contribution in [0.5, 0.6) is 0 Å². The van der Waals surface area contributed by atoms with Gasteiger partial charge in [-0.05, 0) is 67.3 Å². The van der Waals surface area contributed by atoms with Gasteiger partial charge in [0.05, 0.1) is 35.2 Å². The summed E-state index contributed by atoms with van der Waals surface area (Å²) < 4.78 is 0. The van der Waals surface area contributed by atoms with Crippen LogP contribution >= 0.6 is 0 Å². The molecule has 1 atom stereocenters. The van der Waals surface area contributed by atoms with Crippen LogP contribution in [0, 0.1) is 22.7 Å². The van der Waals surface area contributed by atoms with Gasteiger partial charge in [-0.1, -0.05) is 13.0 Å². The van der Waals surface area contributed by atoms with Gasteiger partial charge in [-0.2, -0.15) is 10.5 Å². The Morgan fingerprint density at radius 2 is 2.03 bits per heavy atom. The quantitative estimate of drug-likeness (QED) is 0.379. The van der Waals surface area contributed by atoms with Gasteiger partial charge in [-0.3, -0.25) is 0 Å². The summed E-state index contributed by atoms with van der Waals surface area (Å²) in [5.74, 6) is 0.398. The van der Waals surface area contributed by atoms with E-state index < -0.39 is 5.41 Å². The number of aliphatic hydroxyl groups is 1. The van der Waals surface area contributed by atoms with Crippen molar-refractivity contribution in [3.05, 3.63) is 64.8 Å². The van der Waals surface area contributed by atoms with Gasteiger partial charge in [0, 0.05) is 29.4 Å². The maximum Gasteiger partial charge on any atom is 0.227 e. The van der Waals surface area contributed by atoms with Crippen LogP contribution in [0.25, 0.3) is 11.3 Å². The highest BCUT2D eigenvalue weighted by molar-refractivity contribution is 5.76. The smallest absolute Gasteiger partial charge is 0.227 e. The van der Waals surface area contributed by atoms with Crippen molar-refractivity contribution < 1.29 is 5.11 Å². The fourth-order valence-corrected chi connectivity index (χ4v) is 4.20. The topological polar surface area (TPSA) is 144 Å². The van der Waals surface area contributed by atoms with E-state index in [-0.39, 0.29) is 6.61 Å².